The van der Waals surface area contributed by atoms with Crippen LogP contribution in [0, 0.1) is 0 Å². The molecule has 1 unspecified atom stereocenters. The molecule has 0 saturated heterocycles. The van der Waals surface area contributed by atoms with E-state index in [1.165, 1.54) is 5.56 Å². The van der Waals surface area contributed by atoms with Gasteiger partial charge in [0.05, 0.1) is 20.3 Å². The predicted molar refractivity (Wildman–Crippen MR) is 73.0 cm³/mol. The Morgan fingerprint density at radius 1 is 1.26 bits per heavy atom. The first kappa shape index (κ1) is 11.9. The van der Waals surface area contributed by atoms with Crippen molar-refractivity contribution in [2.45, 2.75) is 12.5 Å². The quantitative estimate of drug-likeness (QED) is 0.919. The van der Waals surface area contributed by atoms with Crippen molar-refractivity contribution >= 4 is 5.95 Å². The average Bonchev–Trinajstić information content (AvgIpc) is 2.94. The summed E-state index contributed by atoms with van der Waals surface area (Å²) in [6.45, 7) is 0.927. The van der Waals surface area contributed by atoms with Crippen LogP contribution in [0.4, 0.5) is 5.95 Å². The molecule has 100 valence electrons. The molecular weight excluding hydrogens is 242 g/mol. The van der Waals surface area contributed by atoms with Gasteiger partial charge < -0.3 is 19.4 Å². The summed E-state index contributed by atoms with van der Waals surface area (Å²) in [7, 11) is 3.31. The standard InChI is InChI=1S/C14H17N3O2/c1-18-12-4-3-10(9-13(12)19-2)11-5-6-15-14-16-7-8-17(11)14/h3-4,7-9,11H,5-6H2,1-2H3,(H,15,16). The summed E-state index contributed by atoms with van der Waals surface area (Å²) >= 11 is 0. The van der Waals surface area contributed by atoms with Crippen molar-refractivity contribution in [1.82, 2.24) is 9.55 Å². The van der Waals surface area contributed by atoms with Crippen molar-refractivity contribution in [3.05, 3.63) is 36.2 Å². The van der Waals surface area contributed by atoms with E-state index in [1.807, 2.05) is 24.5 Å². The fourth-order valence-electron chi connectivity index (χ4n) is 2.55. The van der Waals surface area contributed by atoms with E-state index in [4.69, 9.17) is 9.47 Å². The summed E-state index contributed by atoms with van der Waals surface area (Å²) in [4.78, 5) is 4.30. The zero-order valence-electron chi connectivity index (χ0n) is 11.1. The summed E-state index contributed by atoms with van der Waals surface area (Å²) in [5, 5.41) is 3.29. The molecule has 5 nitrogen and oxygen atoms in total. The topological polar surface area (TPSA) is 48.3 Å². The third-order valence-electron chi connectivity index (χ3n) is 3.50. The molecule has 2 heterocycles. The number of ether oxygens (including phenoxy) is 2. The Morgan fingerprint density at radius 2 is 2.11 bits per heavy atom. The first-order valence-corrected chi connectivity index (χ1v) is 6.32. The first-order chi connectivity index (χ1) is 9.33. The molecule has 1 aliphatic rings. The van der Waals surface area contributed by atoms with Gasteiger partial charge >= 0.3 is 0 Å². The fraction of sp³-hybridized carbons (Fsp3) is 0.357. The third-order valence-corrected chi connectivity index (χ3v) is 3.50. The Morgan fingerprint density at radius 3 is 2.89 bits per heavy atom. The lowest BCUT2D eigenvalue weighted by Gasteiger charge is -2.27. The molecule has 0 amide bonds. The van der Waals surface area contributed by atoms with E-state index in [0.29, 0.717) is 6.04 Å². The van der Waals surface area contributed by atoms with Crippen molar-refractivity contribution in [3.8, 4) is 11.5 Å². The highest BCUT2D eigenvalue weighted by molar-refractivity contribution is 5.45. The van der Waals surface area contributed by atoms with Gasteiger partial charge in [0.2, 0.25) is 5.95 Å². The molecule has 0 aliphatic carbocycles. The Kier molecular flexibility index (Phi) is 3.03. The first-order valence-electron chi connectivity index (χ1n) is 6.32. The molecule has 1 aromatic heterocycles. The SMILES string of the molecule is COc1ccc(C2CCNc3nccn32)cc1OC. The normalized spacial score (nSPS) is 17.5. The molecule has 5 heteroatoms. The molecule has 1 N–H and O–H groups in total. The van der Waals surface area contributed by atoms with Crippen LogP contribution in [0.1, 0.15) is 18.0 Å². The molecule has 1 aromatic carbocycles. The van der Waals surface area contributed by atoms with Crippen molar-refractivity contribution < 1.29 is 9.47 Å². The van der Waals surface area contributed by atoms with Gasteiger partial charge in [0.1, 0.15) is 0 Å². The second kappa shape index (κ2) is 4.84. The van der Waals surface area contributed by atoms with Crippen LogP contribution >= 0.6 is 0 Å². The van der Waals surface area contributed by atoms with Crippen LogP contribution in [0.25, 0.3) is 0 Å². The second-order valence-electron chi connectivity index (χ2n) is 4.50. The number of hydrogen-bond acceptors (Lipinski definition) is 4. The minimum Gasteiger partial charge on any atom is -0.493 e. The van der Waals surface area contributed by atoms with Gasteiger partial charge in [-0.3, -0.25) is 0 Å². The van der Waals surface area contributed by atoms with E-state index in [9.17, 15) is 0 Å². The fourth-order valence-corrected chi connectivity index (χ4v) is 2.55. The van der Waals surface area contributed by atoms with Crippen molar-refractivity contribution in [3.63, 3.8) is 0 Å². The molecule has 3 rings (SSSR count). The van der Waals surface area contributed by atoms with E-state index in [0.717, 1.165) is 30.4 Å². The molecule has 2 aromatic rings. The molecule has 0 saturated carbocycles. The molecule has 0 bridgehead atoms. The maximum atomic E-state index is 5.37. The Hall–Kier alpha value is -2.17. The lowest BCUT2D eigenvalue weighted by Crippen LogP contribution is -2.23. The van der Waals surface area contributed by atoms with Gasteiger partial charge in [-0.25, -0.2) is 4.98 Å². The lowest BCUT2D eigenvalue weighted by molar-refractivity contribution is 0.353. The van der Waals surface area contributed by atoms with Crippen LogP contribution < -0.4 is 14.8 Å². The van der Waals surface area contributed by atoms with Gasteiger partial charge in [-0.1, -0.05) is 6.07 Å². The number of nitrogens with one attached hydrogen (secondary N) is 1. The summed E-state index contributed by atoms with van der Waals surface area (Å²) in [5.41, 5.74) is 1.21. The van der Waals surface area contributed by atoms with Gasteiger partial charge in [-0.2, -0.15) is 0 Å². The van der Waals surface area contributed by atoms with Crippen LogP contribution in [0.3, 0.4) is 0 Å². The van der Waals surface area contributed by atoms with Crippen LogP contribution in [0.15, 0.2) is 30.6 Å². The maximum absolute atomic E-state index is 5.37. The van der Waals surface area contributed by atoms with Crippen LogP contribution in [-0.4, -0.2) is 30.3 Å². The largest absolute Gasteiger partial charge is 0.493 e. The zero-order valence-corrected chi connectivity index (χ0v) is 11.1. The monoisotopic (exact) mass is 259 g/mol. The molecule has 1 atom stereocenters. The molecule has 19 heavy (non-hydrogen) atoms. The van der Waals surface area contributed by atoms with E-state index in [1.54, 1.807) is 14.2 Å². The average molecular weight is 259 g/mol. The minimum atomic E-state index is 0.290. The number of fused-ring (bicyclic) bond motifs is 1. The molecule has 0 fully saturated rings. The highest BCUT2D eigenvalue weighted by Crippen LogP contribution is 2.34. The number of hydrogen-bond donors (Lipinski definition) is 1. The number of nitrogens with zero attached hydrogens (tertiary/aromatic N) is 2. The van der Waals surface area contributed by atoms with Crippen molar-refractivity contribution in [2.24, 2.45) is 0 Å². The van der Waals surface area contributed by atoms with Gasteiger partial charge in [-0.05, 0) is 24.1 Å². The van der Waals surface area contributed by atoms with Crippen LogP contribution in [0.5, 0.6) is 11.5 Å². The maximum Gasteiger partial charge on any atom is 0.203 e. The van der Waals surface area contributed by atoms with Gasteiger partial charge in [0.25, 0.3) is 0 Å². The van der Waals surface area contributed by atoms with E-state index in [2.05, 4.69) is 20.9 Å². The van der Waals surface area contributed by atoms with E-state index >= 15 is 0 Å². The van der Waals surface area contributed by atoms with E-state index < -0.39 is 0 Å². The number of imidazole rings is 1. The number of rotatable bonds is 3. The van der Waals surface area contributed by atoms with Crippen molar-refractivity contribution in [1.29, 1.82) is 0 Å². The summed E-state index contributed by atoms with van der Waals surface area (Å²) in [6.07, 6.45) is 4.85. The summed E-state index contributed by atoms with van der Waals surface area (Å²) in [5.74, 6) is 2.44. The summed E-state index contributed by atoms with van der Waals surface area (Å²) < 4.78 is 12.8. The number of aromatic nitrogens is 2. The predicted octanol–water partition coefficient (Wildman–Crippen LogP) is 2.31. The van der Waals surface area contributed by atoms with Gasteiger partial charge in [0, 0.05) is 18.9 Å². The molecule has 0 spiro atoms. The number of benzene rings is 1. The molecule has 0 radical (unpaired) electrons. The van der Waals surface area contributed by atoms with Crippen LogP contribution in [-0.2, 0) is 0 Å². The summed E-state index contributed by atoms with van der Waals surface area (Å²) in [6, 6.07) is 6.37. The van der Waals surface area contributed by atoms with Gasteiger partial charge in [0.15, 0.2) is 11.5 Å². The smallest absolute Gasteiger partial charge is 0.203 e. The van der Waals surface area contributed by atoms with E-state index in [-0.39, 0.29) is 0 Å². The Balaban J connectivity index is 2.00. The third kappa shape index (κ3) is 2.01. The Bertz CT molecular complexity index is 580. The van der Waals surface area contributed by atoms with Crippen LogP contribution in [0.2, 0.25) is 0 Å². The number of anilines is 1. The van der Waals surface area contributed by atoms with Crippen molar-refractivity contribution in [2.75, 3.05) is 26.1 Å². The van der Waals surface area contributed by atoms with Gasteiger partial charge in [-0.15, -0.1) is 0 Å². The highest BCUT2D eigenvalue weighted by Gasteiger charge is 2.22. The Labute approximate surface area is 112 Å². The zero-order chi connectivity index (χ0) is 13.2. The molecular formula is C14H17N3O2. The minimum absolute atomic E-state index is 0.290. The highest BCUT2D eigenvalue weighted by atomic mass is 16.5. The molecule has 1 aliphatic heterocycles. The lowest BCUT2D eigenvalue weighted by atomic mass is 10.0. The number of methoxy groups -OCH3 is 2. The second-order valence-corrected chi connectivity index (χ2v) is 4.50.